The summed E-state index contributed by atoms with van der Waals surface area (Å²) in [5.74, 6) is 0.0363. The first kappa shape index (κ1) is 15.0. The van der Waals surface area contributed by atoms with Crippen LogP contribution in [-0.2, 0) is 17.8 Å². The van der Waals surface area contributed by atoms with E-state index in [9.17, 15) is 4.79 Å². The number of carbonyl (C=O) groups is 1. The number of nitrogens with one attached hydrogen (secondary N) is 1. The van der Waals surface area contributed by atoms with Crippen LogP contribution in [0, 0.1) is 0 Å². The zero-order chi connectivity index (χ0) is 15.4. The molecule has 0 fully saturated rings. The molecule has 1 amide bonds. The lowest BCUT2D eigenvalue weighted by atomic mass is 10.1. The Kier molecular flexibility index (Phi) is 4.71. The number of carbonyl (C=O) groups excluding carboxylic acids is 1. The molecular weight excluding hydrogens is 316 g/mol. The van der Waals surface area contributed by atoms with E-state index in [2.05, 4.69) is 10.3 Å². The normalized spacial score (nSPS) is 10.8. The summed E-state index contributed by atoms with van der Waals surface area (Å²) in [6.07, 6.45) is 1.18. The summed E-state index contributed by atoms with van der Waals surface area (Å²) in [7, 11) is 0. The van der Waals surface area contributed by atoms with Crippen LogP contribution in [0.15, 0.2) is 48.5 Å². The Hall–Kier alpha value is -1.91. The van der Waals surface area contributed by atoms with E-state index in [1.165, 1.54) is 0 Å². The number of aryl methyl sites for hydroxylation is 1. The molecule has 0 aliphatic heterocycles. The van der Waals surface area contributed by atoms with Gasteiger partial charge in [0.05, 0.1) is 16.8 Å². The quantitative estimate of drug-likeness (QED) is 0.761. The van der Waals surface area contributed by atoms with Crippen molar-refractivity contribution in [1.82, 2.24) is 10.3 Å². The molecule has 0 atom stereocenters. The van der Waals surface area contributed by atoms with E-state index in [1.54, 1.807) is 11.3 Å². The van der Waals surface area contributed by atoms with Crippen molar-refractivity contribution in [3.63, 3.8) is 0 Å². The van der Waals surface area contributed by atoms with Crippen LogP contribution in [0.25, 0.3) is 10.2 Å². The maximum absolute atomic E-state index is 11.9. The zero-order valence-corrected chi connectivity index (χ0v) is 13.5. The second-order valence-corrected chi connectivity index (χ2v) is 6.53. The molecule has 1 N–H and O–H groups in total. The second-order valence-electron chi connectivity index (χ2n) is 4.98. The van der Waals surface area contributed by atoms with Gasteiger partial charge in [-0.25, -0.2) is 4.98 Å². The van der Waals surface area contributed by atoms with Crippen molar-refractivity contribution in [2.45, 2.75) is 19.4 Å². The second kappa shape index (κ2) is 6.90. The molecule has 0 unspecified atom stereocenters. The summed E-state index contributed by atoms with van der Waals surface area (Å²) in [4.78, 5) is 16.4. The van der Waals surface area contributed by atoms with Crippen molar-refractivity contribution in [2.75, 3.05) is 0 Å². The number of hydrogen-bond donors (Lipinski definition) is 1. The number of amides is 1. The molecule has 0 aliphatic rings. The largest absolute Gasteiger partial charge is 0.350 e. The molecule has 0 saturated carbocycles. The fourth-order valence-electron chi connectivity index (χ4n) is 2.17. The first-order valence-electron chi connectivity index (χ1n) is 7.06. The van der Waals surface area contributed by atoms with E-state index >= 15 is 0 Å². The molecule has 3 nitrogen and oxygen atoms in total. The highest BCUT2D eigenvalue weighted by Crippen LogP contribution is 2.21. The molecular formula is C17H15ClN2OS. The maximum atomic E-state index is 11.9. The summed E-state index contributed by atoms with van der Waals surface area (Å²) in [6.45, 7) is 0.485. The van der Waals surface area contributed by atoms with Gasteiger partial charge >= 0.3 is 0 Å². The van der Waals surface area contributed by atoms with Gasteiger partial charge in [-0.2, -0.15) is 0 Å². The average Bonchev–Trinajstić information content (AvgIpc) is 2.95. The number of hydrogen-bond acceptors (Lipinski definition) is 3. The molecule has 112 valence electrons. The van der Waals surface area contributed by atoms with E-state index in [-0.39, 0.29) is 5.91 Å². The SMILES string of the molecule is O=C(CCc1ccc(Cl)cc1)NCc1nc2ccccc2s1. The Bertz CT molecular complexity index is 750. The summed E-state index contributed by atoms with van der Waals surface area (Å²) in [6, 6.07) is 15.6. The fraction of sp³-hybridized carbons (Fsp3) is 0.176. The highest BCUT2D eigenvalue weighted by Gasteiger charge is 2.06. The average molecular weight is 331 g/mol. The maximum Gasteiger partial charge on any atom is 0.220 e. The number of aromatic nitrogens is 1. The Morgan fingerprint density at radius 1 is 1.14 bits per heavy atom. The van der Waals surface area contributed by atoms with E-state index in [0.717, 1.165) is 20.8 Å². The van der Waals surface area contributed by atoms with E-state index in [4.69, 9.17) is 11.6 Å². The van der Waals surface area contributed by atoms with Crippen LogP contribution in [0.2, 0.25) is 5.02 Å². The molecule has 3 aromatic rings. The van der Waals surface area contributed by atoms with Gasteiger partial charge in [0.15, 0.2) is 0 Å². The van der Waals surface area contributed by atoms with Crippen molar-refractivity contribution >= 4 is 39.1 Å². The number of rotatable bonds is 5. The molecule has 0 saturated heterocycles. The Labute approximate surface area is 138 Å². The summed E-state index contributed by atoms with van der Waals surface area (Å²) >= 11 is 7.46. The van der Waals surface area contributed by atoms with Gasteiger partial charge in [0, 0.05) is 11.4 Å². The number of halogens is 1. The molecule has 0 aliphatic carbocycles. The minimum Gasteiger partial charge on any atom is -0.350 e. The van der Waals surface area contributed by atoms with Crippen molar-refractivity contribution in [3.8, 4) is 0 Å². The Morgan fingerprint density at radius 2 is 1.91 bits per heavy atom. The third kappa shape index (κ3) is 3.84. The first-order chi connectivity index (χ1) is 10.7. The lowest BCUT2D eigenvalue weighted by Gasteiger charge is -2.03. The third-order valence-electron chi connectivity index (χ3n) is 3.33. The molecule has 1 aromatic heterocycles. The van der Waals surface area contributed by atoms with Crippen LogP contribution in [0.4, 0.5) is 0 Å². The van der Waals surface area contributed by atoms with Crippen LogP contribution in [0.3, 0.4) is 0 Å². The lowest BCUT2D eigenvalue weighted by molar-refractivity contribution is -0.121. The van der Waals surface area contributed by atoms with E-state index in [1.807, 2.05) is 48.5 Å². The van der Waals surface area contributed by atoms with Crippen molar-refractivity contribution in [2.24, 2.45) is 0 Å². The number of fused-ring (bicyclic) bond motifs is 1. The summed E-state index contributed by atoms with van der Waals surface area (Å²) in [5.41, 5.74) is 2.09. The zero-order valence-electron chi connectivity index (χ0n) is 11.9. The van der Waals surface area contributed by atoms with Crippen molar-refractivity contribution in [1.29, 1.82) is 0 Å². The number of thiazole rings is 1. The molecule has 0 spiro atoms. The van der Waals surface area contributed by atoms with Crippen LogP contribution >= 0.6 is 22.9 Å². The smallest absolute Gasteiger partial charge is 0.220 e. The molecule has 0 bridgehead atoms. The Morgan fingerprint density at radius 3 is 2.68 bits per heavy atom. The van der Waals surface area contributed by atoms with Crippen LogP contribution in [-0.4, -0.2) is 10.9 Å². The highest BCUT2D eigenvalue weighted by atomic mass is 35.5. The van der Waals surface area contributed by atoms with Gasteiger partial charge in [-0.05, 0) is 36.2 Å². The summed E-state index contributed by atoms with van der Waals surface area (Å²) < 4.78 is 1.15. The topological polar surface area (TPSA) is 42.0 Å². The Balaban J connectivity index is 1.50. The van der Waals surface area contributed by atoms with Gasteiger partial charge in [0.1, 0.15) is 5.01 Å². The van der Waals surface area contributed by atoms with Gasteiger partial charge in [-0.15, -0.1) is 11.3 Å². The fourth-order valence-corrected chi connectivity index (χ4v) is 3.20. The number of benzene rings is 2. The van der Waals surface area contributed by atoms with Crippen molar-refractivity contribution < 1.29 is 4.79 Å². The molecule has 2 aromatic carbocycles. The monoisotopic (exact) mass is 330 g/mol. The predicted octanol–water partition coefficient (Wildman–Crippen LogP) is 4.20. The molecule has 0 radical (unpaired) electrons. The highest BCUT2D eigenvalue weighted by molar-refractivity contribution is 7.18. The predicted molar refractivity (Wildman–Crippen MR) is 91.2 cm³/mol. The molecule has 3 rings (SSSR count). The van der Waals surface area contributed by atoms with Crippen molar-refractivity contribution in [3.05, 3.63) is 64.1 Å². The first-order valence-corrected chi connectivity index (χ1v) is 8.26. The van der Waals surface area contributed by atoms with Crippen LogP contribution in [0.1, 0.15) is 17.0 Å². The molecule has 5 heteroatoms. The van der Waals surface area contributed by atoms with Gasteiger partial charge in [-0.1, -0.05) is 35.9 Å². The van der Waals surface area contributed by atoms with Gasteiger partial charge < -0.3 is 5.32 Å². The van der Waals surface area contributed by atoms with Gasteiger partial charge in [0.25, 0.3) is 0 Å². The van der Waals surface area contributed by atoms with Crippen LogP contribution in [0.5, 0.6) is 0 Å². The van der Waals surface area contributed by atoms with Gasteiger partial charge in [0.2, 0.25) is 5.91 Å². The standard InChI is InChI=1S/C17H15ClN2OS/c18-13-8-5-12(6-9-13)7-10-16(21)19-11-17-20-14-3-1-2-4-15(14)22-17/h1-6,8-9H,7,10-11H2,(H,19,21). The van der Waals surface area contributed by atoms with E-state index < -0.39 is 0 Å². The molecule has 22 heavy (non-hydrogen) atoms. The van der Waals surface area contributed by atoms with Crippen LogP contribution < -0.4 is 5.32 Å². The van der Waals surface area contributed by atoms with E-state index in [0.29, 0.717) is 24.4 Å². The minimum atomic E-state index is 0.0363. The minimum absolute atomic E-state index is 0.0363. The molecule has 1 heterocycles. The number of para-hydroxylation sites is 1. The third-order valence-corrected chi connectivity index (χ3v) is 4.62. The van der Waals surface area contributed by atoms with Gasteiger partial charge in [-0.3, -0.25) is 4.79 Å². The lowest BCUT2D eigenvalue weighted by Crippen LogP contribution is -2.22. The summed E-state index contributed by atoms with van der Waals surface area (Å²) in [5, 5.41) is 4.57. The number of nitrogens with zero attached hydrogens (tertiary/aromatic N) is 1.